The predicted molar refractivity (Wildman–Crippen MR) is 95.5 cm³/mol. The van der Waals surface area contributed by atoms with E-state index in [1.165, 1.54) is 5.56 Å². The van der Waals surface area contributed by atoms with E-state index in [9.17, 15) is 0 Å². The average Bonchev–Trinajstić information content (AvgIpc) is 3.10. The molecule has 0 fully saturated rings. The highest BCUT2D eigenvalue weighted by Crippen LogP contribution is 2.27. The maximum Gasteiger partial charge on any atom is 0.158 e. The van der Waals surface area contributed by atoms with Crippen LogP contribution >= 0.6 is 0 Å². The van der Waals surface area contributed by atoms with Crippen LogP contribution in [0.3, 0.4) is 0 Å². The van der Waals surface area contributed by atoms with Gasteiger partial charge in [0.15, 0.2) is 5.65 Å². The van der Waals surface area contributed by atoms with Gasteiger partial charge in [-0.2, -0.15) is 5.10 Å². The molecule has 24 heavy (non-hydrogen) atoms. The smallest absolute Gasteiger partial charge is 0.158 e. The lowest BCUT2D eigenvalue weighted by molar-refractivity contribution is 0.414. The fourth-order valence-electron chi connectivity index (χ4n) is 2.89. The van der Waals surface area contributed by atoms with Crippen LogP contribution in [0.4, 0.5) is 5.82 Å². The third kappa shape index (κ3) is 2.44. The van der Waals surface area contributed by atoms with Gasteiger partial charge in [-0.1, -0.05) is 24.3 Å². The fourth-order valence-corrected chi connectivity index (χ4v) is 2.89. The molecule has 1 N–H and O–H groups in total. The molecule has 4 aromatic rings. The molecule has 5 heteroatoms. The number of fused-ring (bicyclic) bond motifs is 3. The molecule has 0 spiro atoms. The molecule has 1 atom stereocenters. The van der Waals surface area contributed by atoms with E-state index in [2.05, 4.69) is 41.6 Å². The zero-order valence-corrected chi connectivity index (χ0v) is 13.6. The number of benzene rings is 2. The van der Waals surface area contributed by atoms with Gasteiger partial charge in [-0.3, -0.25) is 0 Å². The molecular weight excluding hydrogens is 300 g/mol. The minimum absolute atomic E-state index is 0.122. The predicted octanol–water partition coefficient (Wildman–Crippen LogP) is 4.06. The van der Waals surface area contributed by atoms with Gasteiger partial charge in [-0.25, -0.2) is 9.50 Å². The Kier molecular flexibility index (Phi) is 3.54. The molecule has 4 rings (SSSR count). The third-order valence-corrected chi connectivity index (χ3v) is 4.21. The number of methoxy groups -OCH3 is 1. The molecule has 2 heterocycles. The van der Waals surface area contributed by atoms with E-state index < -0.39 is 0 Å². The molecule has 5 nitrogen and oxygen atoms in total. The van der Waals surface area contributed by atoms with Gasteiger partial charge in [0.2, 0.25) is 0 Å². The van der Waals surface area contributed by atoms with E-state index in [-0.39, 0.29) is 6.04 Å². The summed E-state index contributed by atoms with van der Waals surface area (Å²) in [5.74, 6) is 1.72. The second-order valence-corrected chi connectivity index (χ2v) is 5.72. The number of rotatable bonds is 4. The maximum absolute atomic E-state index is 5.22. The molecule has 0 aliphatic heterocycles. The van der Waals surface area contributed by atoms with Crippen molar-refractivity contribution in [1.29, 1.82) is 0 Å². The Labute approximate surface area is 139 Å². The summed E-state index contributed by atoms with van der Waals surface area (Å²) in [6, 6.07) is 18.3. The zero-order valence-electron chi connectivity index (χ0n) is 13.6. The number of hydrogen-bond donors (Lipinski definition) is 1. The Balaban J connectivity index is 1.74. The molecule has 0 aliphatic carbocycles. The van der Waals surface area contributed by atoms with Gasteiger partial charge < -0.3 is 10.1 Å². The minimum Gasteiger partial charge on any atom is -0.497 e. The van der Waals surface area contributed by atoms with Crippen LogP contribution in [-0.4, -0.2) is 21.7 Å². The topological polar surface area (TPSA) is 51.5 Å². The lowest BCUT2D eigenvalue weighted by atomic mass is 10.1. The Bertz CT molecular complexity index is 991. The lowest BCUT2D eigenvalue weighted by Gasteiger charge is -2.17. The van der Waals surface area contributed by atoms with Gasteiger partial charge in [0.1, 0.15) is 11.6 Å². The fraction of sp³-hybridized carbons (Fsp3) is 0.158. The Morgan fingerprint density at radius 1 is 1.04 bits per heavy atom. The molecule has 0 amide bonds. The normalized spacial score (nSPS) is 12.4. The highest BCUT2D eigenvalue weighted by atomic mass is 16.5. The number of nitrogens with one attached hydrogen (secondary N) is 1. The number of anilines is 1. The highest BCUT2D eigenvalue weighted by Gasteiger charge is 2.12. The van der Waals surface area contributed by atoms with Gasteiger partial charge in [-0.05, 0) is 36.8 Å². The Morgan fingerprint density at radius 2 is 1.83 bits per heavy atom. The molecule has 0 saturated carbocycles. The monoisotopic (exact) mass is 318 g/mol. The number of para-hydroxylation sites is 1. The summed E-state index contributed by atoms with van der Waals surface area (Å²) in [5.41, 5.74) is 3.05. The molecule has 0 radical (unpaired) electrons. The van der Waals surface area contributed by atoms with Crippen molar-refractivity contribution in [2.24, 2.45) is 0 Å². The van der Waals surface area contributed by atoms with Gasteiger partial charge in [0.05, 0.1) is 18.8 Å². The Hall–Kier alpha value is -3.08. The maximum atomic E-state index is 5.22. The van der Waals surface area contributed by atoms with Crippen LogP contribution in [0.5, 0.6) is 5.75 Å². The molecule has 0 bridgehead atoms. The molecule has 0 saturated heterocycles. The SMILES string of the molecule is COc1ccc(C(C)Nc2nc3ccnn3c3ccccc23)cc1. The molecule has 120 valence electrons. The van der Waals surface area contributed by atoms with Crippen molar-refractivity contribution in [3.05, 3.63) is 66.4 Å². The van der Waals surface area contributed by atoms with Gasteiger partial charge >= 0.3 is 0 Å². The standard InChI is InChI=1S/C19H18N4O/c1-13(14-7-9-15(24-2)10-8-14)21-19-16-5-3-4-6-17(16)23-18(22-19)11-12-20-23/h3-13H,1-2H3,(H,21,22). The summed E-state index contributed by atoms with van der Waals surface area (Å²) in [6.45, 7) is 2.12. The summed E-state index contributed by atoms with van der Waals surface area (Å²) in [5, 5.41) is 8.93. The summed E-state index contributed by atoms with van der Waals surface area (Å²) < 4.78 is 7.08. The van der Waals surface area contributed by atoms with Crippen LogP contribution in [0.25, 0.3) is 16.6 Å². The van der Waals surface area contributed by atoms with E-state index in [4.69, 9.17) is 9.72 Å². The first kappa shape index (κ1) is 14.5. The van der Waals surface area contributed by atoms with Crippen molar-refractivity contribution < 1.29 is 4.74 Å². The van der Waals surface area contributed by atoms with E-state index in [1.807, 2.05) is 34.8 Å². The van der Waals surface area contributed by atoms with Gasteiger partial charge in [0, 0.05) is 17.5 Å². The third-order valence-electron chi connectivity index (χ3n) is 4.21. The van der Waals surface area contributed by atoms with Crippen molar-refractivity contribution in [3.63, 3.8) is 0 Å². The van der Waals surface area contributed by atoms with Crippen LogP contribution < -0.4 is 10.1 Å². The minimum atomic E-state index is 0.122. The van der Waals surface area contributed by atoms with Crippen LogP contribution in [0.15, 0.2) is 60.8 Å². The number of nitrogens with zero attached hydrogens (tertiary/aromatic N) is 3. The second-order valence-electron chi connectivity index (χ2n) is 5.72. The second kappa shape index (κ2) is 5.85. The number of aromatic nitrogens is 3. The van der Waals surface area contributed by atoms with Crippen LogP contribution in [0.2, 0.25) is 0 Å². The first-order chi connectivity index (χ1) is 11.8. The molecule has 2 aromatic carbocycles. The summed E-state index contributed by atoms with van der Waals surface area (Å²) in [7, 11) is 1.67. The number of ether oxygens (including phenoxy) is 1. The summed E-state index contributed by atoms with van der Waals surface area (Å²) >= 11 is 0. The van der Waals surface area contributed by atoms with E-state index in [1.54, 1.807) is 13.3 Å². The number of hydrogen-bond acceptors (Lipinski definition) is 4. The first-order valence-electron chi connectivity index (χ1n) is 7.89. The molecule has 1 unspecified atom stereocenters. The zero-order chi connectivity index (χ0) is 16.5. The van der Waals surface area contributed by atoms with E-state index in [0.29, 0.717) is 0 Å². The van der Waals surface area contributed by atoms with Crippen molar-refractivity contribution in [2.45, 2.75) is 13.0 Å². The van der Waals surface area contributed by atoms with Crippen LogP contribution in [0, 0.1) is 0 Å². The van der Waals surface area contributed by atoms with Crippen molar-refractivity contribution >= 4 is 22.4 Å². The lowest BCUT2D eigenvalue weighted by Crippen LogP contribution is -2.09. The Morgan fingerprint density at radius 3 is 2.62 bits per heavy atom. The summed E-state index contributed by atoms with van der Waals surface area (Å²) in [4.78, 5) is 4.73. The molecule has 2 aromatic heterocycles. The van der Waals surface area contributed by atoms with Crippen molar-refractivity contribution in [3.8, 4) is 5.75 Å². The summed E-state index contributed by atoms with van der Waals surface area (Å²) in [6.07, 6.45) is 1.77. The first-order valence-corrected chi connectivity index (χ1v) is 7.89. The molecular formula is C19H18N4O. The van der Waals surface area contributed by atoms with E-state index >= 15 is 0 Å². The van der Waals surface area contributed by atoms with Crippen LogP contribution in [0.1, 0.15) is 18.5 Å². The van der Waals surface area contributed by atoms with Crippen molar-refractivity contribution in [1.82, 2.24) is 14.6 Å². The quantitative estimate of drug-likeness (QED) is 0.616. The van der Waals surface area contributed by atoms with Crippen LogP contribution in [-0.2, 0) is 0 Å². The van der Waals surface area contributed by atoms with Gasteiger partial charge in [0.25, 0.3) is 0 Å². The van der Waals surface area contributed by atoms with Crippen molar-refractivity contribution in [2.75, 3.05) is 12.4 Å². The highest BCUT2D eigenvalue weighted by molar-refractivity contribution is 5.91. The molecule has 0 aliphatic rings. The van der Waals surface area contributed by atoms with Gasteiger partial charge in [-0.15, -0.1) is 0 Å². The largest absolute Gasteiger partial charge is 0.497 e. The average molecular weight is 318 g/mol. The van der Waals surface area contributed by atoms with E-state index in [0.717, 1.165) is 28.1 Å².